The fraction of sp³-hybridized carbons (Fsp3) is 0.444. The number of aromatic amines is 1. The van der Waals surface area contributed by atoms with Gasteiger partial charge in [0.15, 0.2) is 0 Å². The maximum absolute atomic E-state index is 12.8. The maximum Gasteiger partial charge on any atom is 0.229 e. The van der Waals surface area contributed by atoms with E-state index < -0.39 is 0 Å². The summed E-state index contributed by atoms with van der Waals surface area (Å²) < 4.78 is 0. The molecule has 2 heterocycles. The number of aromatic nitrogens is 2. The van der Waals surface area contributed by atoms with E-state index in [-0.39, 0.29) is 11.8 Å². The van der Waals surface area contributed by atoms with E-state index in [2.05, 4.69) is 34.5 Å². The quantitative estimate of drug-likeness (QED) is 0.946. The molecule has 2 unspecified atom stereocenters. The zero-order valence-electron chi connectivity index (χ0n) is 13.5. The molecule has 22 heavy (non-hydrogen) atoms. The van der Waals surface area contributed by atoms with Crippen LogP contribution < -0.4 is 0 Å². The molecule has 0 saturated carbocycles. The minimum absolute atomic E-state index is 0.131. The Morgan fingerprint density at radius 1 is 1.32 bits per heavy atom. The van der Waals surface area contributed by atoms with E-state index in [1.54, 1.807) is 0 Å². The van der Waals surface area contributed by atoms with E-state index in [0.717, 1.165) is 36.5 Å². The molecule has 1 aliphatic heterocycles. The third-order valence-corrected chi connectivity index (χ3v) is 4.76. The minimum Gasteiger partial charge on any atom is -0.342 e. The van der Waals surface area contributed by atoms with Crippen molar-refractivity contribution in [3.05, 3.63) is 52.8 Å². The van der Waals surface area contributed by atoms with Crippen molar-refractivity contribution in [2.24, 2.45) is 0 Å². The van der Waals surface area contributed by atoms with Crippen LogP contribution in [0.4, 0.5) is 0 Å². The lowest BCUT2D eigenvalue weighted by atomic mass is 9.97. The van der Waals surface area contributed by atoms with Gasteiger partial charge in [0.1, 0.15) is 0 Å². The Morgan fingerprint density at radius 3 is 2.68 bits per heavy atom. The summed E-state index contributed by atoms with van der Waals surface area (Å²) in [6.07, 6.45) is 1.05. The highest BCUT2D eigenvalue weighted by Gasteiger charge is 2.31. The summed E-state index contributed by atoms with van der Waals surface area (Å²) in [5.74, 6) is 0.545. The highest BCUT2D eigenvalue weighted by Crippen LogP contribution is 2.30. The van der Waals surface area contributed by atoms with Gasteiger partial charge in [-0.1, -0.05) is 30.3 Å². The summed E-state index contributed by atoms with van der Waals surface area (Å²) in [7, 11) is 0. The monoisotopic (exact) mass is 297 g/mol. The third-order valence-electron chi connectivity index (χ3n) is 4.76. The molecule has 1 N–H and O–H groups in total. The van der Waals surface area contributed by atoms with E-state index >= 15 is 0 Å². The Labute approximate surface area is 131 Å². The lowest BCUT2D eigenvalue weighted by Gasteiger charge is -2.21. The van der Waals surface area contributed by atoms with Gasteiger partial charge in [-0.05, 0) is 32.8 Å². The minimum atomic E-state index is -0.131. The molecule has 3 rings (SSSR count). The van der Waals surface area contributed by atoms with Crippen LogP contribution in [-0.4, -0.2) is 34.1 Å². The molecule has 2 aromatic rings. The number of carbonyl (C=O) groups is 1. The van der Waals surface area contributed by atoms with Crippen LogP contribution in [0.5, 0.6) is 0 Å². The topological polar surface area (TPSA) is 49.0 Å². The molecule has 1 saturated heterocycles. The van der Waals surface area contributed by atoms with E-state index in [4.69, 9.17) is 0 Å². The van der Waals surface area contributed by atoms with Gasteiger partial charge in [0, 0.05) is 30.3 Å². The zero-order chi connectivity index (χ0) is 15.7. The highest BCUT2D eigenvalue weighted by atomic mass is 16.2. The second kappa shape index (κ2) is 5.95. The van der Waals surface area contributed by atoms with E-state index in [0.29, 0.717) is 5.92 Å². The van der Waals surface area contributed by atoms with Gasteiger partial charge in [-0.2, -0.15) is 5.10 Å². The van der Waals surface area contributed by atoms with Crippen LogP contribution in [0.25, 0.3) is 0 Å². The molecule has 4 nitrogen and oxygen atoms in total. The summed E-state index contributed by atoms with van der Waals surface area (Å²) in [6.45, 7) is 7.60. The standard InChI is InChI=1S/C18H23N3O/c1-12(17-13(2)19-20-14(17)3)18(22)21-10-9-16(11-21)15-7-5-4-6-8-15/h4-8,12,16H,9-11H2,1-3H3,(H,19,20). The molecule has 0 spiro atoms. The highest BCUT2D eigenvalue weighted by molar-refractivity contribution is 5.84. The predicted octanol–water partition coefficient (Wildman–Crippen LogP) is 3.15. The number of aryl methyl sites for hydroxylation is 2. The SMILES string of the molecule is Cc1n[nH]c(C)c1C(C)C(=O)N1CCC(c2ccccc2)C1. The van der Waals surface area contributed by atoms with Gasteiger partial charge in [0.05, 0.1) is 11.6 Å². The number of carbonyl (C=O) groups excluding carboxylic acids is 1. The first-order valence-corrected chi connectivity index (χ1v) is 7.93. The van der Waals surface area contributed by atoms with Crippen LogP contribution in [0.3, 0.4) is 0 Å². The van der Waals surface area contributed by atoms with Gasteiger partial charge < -0.3 is 4.90 Å². The number of hydrogen-bond donors (Lipinski definition) is 1. The summed E-state index contributed by atoms with van der Waals surface area (Å²) in [5.41, 5.74) is 4.31. The number of benzene rings is 1. The fourth-order valence-electron chi connectivity index (χ4n) is 3.55. The van der Waals surface area contributed by atoms with E-state index in [1.807, 2.05) is 31.7 Å². The molecule has 0 bridgehead atoms. The third kappa shape index (κ3) is 2.65. The molecule has 1 aromatic carbocycles. The second-order valence-corrected chi connectivity index (χ2v) is 6.25. The van der Waals surface area contributed by atoms with Gasteiger partial charge in [0.25, 0.3) is 0 Å². The Morgan fingerprint density at radius 2 is 2.05 bits per heavy atom. The van der Waals surface area contributed by atoms with Crippen molar-refractivity contribution in [2.45, 2.75) is 39.0 Å². The number of rotatable bonds is 3. The van der Waals surface area contributed by atoms with Crippen LogP contribution >= 0.6 is 0 Å². The Hall–Kier alpha value is -2.10. The number of amides is 1. The zero-order valence-corrected chi connectivity index (χ0v) is 13.5. The molecule has 116 valence electrons. The van der Waals surface area contributed by atoms with Gasteiger partial charge in [-0.15, -0.1) is 0 Å². The molecule has 1 amide bonds. The number of nitrogens with zero attached hydrogens (tertiary/aromatic N) is 2. The maximum atomic E-state index is 12.8. The van der Waals surface area contributed by atoms with Crippen molar-refractivity contribution >= 4 is 5.91 Å². The van der Waals surface area contributed by atoms with E-state index in [9.17, 15) is 4.79 Å². The summed E-state index contributed by atoms with van der Waals surface area (Å²) >= 11 is 0. The predicted molar refractivity (Wildman–Crippen MR) is 86.9 cm³/mol. The van der Waals surface area contributed by atoms with Gasteiger partial charge in [-0.3, -0.25) is 9.89 Å². The molecule has 1 aromatic heterocycles. The van der Waals surface area contributed by atoms with Crippen LogP contribution in [0.15, 0.2) is 30.3 Å². The van der Waals surface area contributed by atoms with Crippen molar-refractivity contribution in [3.63, 3.8) is 0 Å². The van der Waals surface area contributed by atoms with Crippen LogP contribution in [0.2, 0.25) is 0 Å². The number of likely N-dealkylation sites (tertiary alicyclic amines) is 1. The lowest BCUT2D eigenvalue weighted by Crippen LogP contribution is -2.32. The Kier molecular flexibility index (Phi) is 4.01. The van der Waals surface area contributed by atoms with Gasteiger partial charge in [-0.25, -0.2) is 0 Å². The first-order chi connectivity index (χ1) is 10.6. The summed E-state index contributed by atoms with van der Waals surface area (Å²) in [5, 5.41) is 7.19. The first kappa shape index (κ1) is 14.8. The molecule has 0 aliphatic carbocycles. The van der Waals surface area contributed by atoms with Crippen molar-refractivity contribution < 1.29 is 4.79 Å². The summed E-state index contributed by atoms with van der Waals surface area (Å²) in [4.78, 5) is 14.8. The van der Waals surface area contributed by atoms with Gasteiger partial charge >= 0.3 is 0 Å². The Bertz CT molecular complexity index is 643. The van der Waals surface area contributed by atoms with Crippen molar-refractivity contribution in [2.75, 3.05) is 13.1 Å². The largest absolute Gasteiger partial charge is 0.342 e. The average Bonchev–Trinajstić information content (AvgIpc) is 3.14. The Balaban J connectivity index is 1.72. The average molecular weight is 297 g/mol. The molecule has 1 fully saturated rings. The summed E-state index contributed by atoms with van der Waals surface area (Å²) in [6, 6.07) is 10.5. The van der Waals surface area contributed by atoms with Crippen LogP contribution in [0, 0.1) is 13.8 Å². The van der Waals surface area contributed by atoms with Crippen molar-refractivity contribution in [1.82, 2.24) is 15.1 Å². The molecule has 0 radical (unpaired) electrons. The molecule has 1 aliphatic rings. The fourth-order valence-corrected chi connectivity index (χ4v) is 3.55. The molecule has 2 atom stereocenters. The normalized spacial score (nSPS) is 19.4. The molecular formula is C18H23N3O. The van der Waals surface area contributed by atoms with Crippen LogP contribution in [-0.2, 0) is 4.79 Å². The number of hydrogen-bond acceptors (Lipinski definition) is 2. The molecule has 4 heteroatoms. The van der Waals surface area contributed by atoms with Crippen molar-refractivity contribution in [1.29, 1.82) is 0 Å². The number of nitrogens with one attached hydrogen (secondary N) is 1. The first-order valence-electron chi connectivity index (χ1n) is 7.93. The lowest BCUT2D eigenvalue weighted by molar-refractivity contribution is -0.131. The molecular weight excluding hydrogens is 274 g/mol. The van der Waals surface area contributed by atoms with E-state index in [1.165, 1.54) is 5.56 Å². The van der Waals surface area contributed by atoms with Crippen LogP contribution in [0.1, 0.15) is 47.7 Å². The van der Waals surface area contributed by atoms with Crippen molar-refractivity contribution in [3.8, 4) is 0 Å². The van der Waals surface area contributed by atoms with Gasteiger partial charge in [0.2, 0.25) is 5.91 Å². The second-order valence-electron chi connectivity index (χ2n) is 6.25. The number of H-pyrrole nitrogens is 1. The smallest absolute Gasteiger partial charge is 0.229 e.